The molecular weight excluding hydrogens is 671 g/mol. The van der Waals surface area contributed by atoms with Gasteiger partial charge in [0.2, 0.25) is 5.91 Å². The van der Waals surface area contributed by atoms with Crippen LogP contribution in [-0.4, -0.2) is 54.5 Å². The SMILES string of the molecule is COc1ccc(C2CCCN(C(=O)CO)C2)cc1C(=O)Nc1c(C(=O)Nc2ccc(F)c(C(F)(F)F)c2)sc2cc(C(F)(F)F)ccc12. The maximum Gasteiger partial charge on any atom is 0.419 e. The number of carbonyl (C=O) groups excluding carboxylic acids is 3. The lowest BCUT2D eigenvalue weighted by Gasteiger charge is -2.33. The van der Waals surface area contributed by atoms with Gasteiger partial charge in [-0.25, -0.2) is 4.39 Å². The van der Waals surface area contributed by atoms with Crippen LogP contribution in [0.2, 0.25) is 0 Å². The van der Waals surface area contributed by atoms with E-state index < -0.39 is 59.3 Å². The molecule has 2 heterocycles. The Kier molecular flexibility index (Phi) is 9.69. The molecule has 0 spiro atoms. The zero-order valence-electron chi connectivity index (χ0n) is 24.9. The maximum absolute atomic E-state index is 13.8. The van der Waals surface area contributed by atoms with Crippen molar-refractivity contribution in [2.45, 2.75) is 31.1 Å². The first-order chi connectivity index (χ1) is 22.6. The molecule has 0 radical (unpaired) electrons. The molecule has 1 aliphatic rings. The van der Waals surface area contributed by atoms with E-state index in [4.69, 9.17) is 4.74 Å². The monoisotopic (exact) mass is 697 g/mol. The minimum Gasteiger partial charge on any atom is -0.496 e. The van der Waals surface area contributed by atoms with Crippen LogP contribution in [0.25, 0.3) is 10.1 Å². The van der Waals surface area contributed by atoms with Crippen LogP contribution in [0.3, 0.4) is 0 Å². The van der Waals surface area contributed by atoms with Crippen LogP contribution >= 0.6 is 11.3 Å². The average molecular weight is 698 g/mol. The Morgan fingerprint density at radius 1 is 0.958 bits per heavy atom. The number of nitrogens with one attached hydrogen (secondary N) is 2. The standard InChI is InChI=1S/C32H26F7N3O5S/c1-47-24-9-4-16(17-3-2-10-42(14-17)26(44)15-43)11-21(24)29(45)41-27-20-7-5-18(31(34,35)36)12-25(20)48-28(27)30(46)40-19-6-8-23(33)22(13-19)32(37,38)39/h4-9,11-13,17,43H,2-3,10,14-15H2,1H3,(H,40,46)(H,41,45). The molecule has 3 aromatic carbocycles. The highest BCUT2D eigenvalue weighted by Gasteiger charge is 2.35. The van der Waals surface area contributed by atoms with Gasteiger partial charge < -0.3 is 25.4 Å². The number of amides is 3. The van der Waals surface area contributed by atoms with Crippen LogP contribution in [0.15, 0.2) is 54.6 Å². The van der Waals surface area contributed by atoms with Crippen molar-refractivity contribution in [3.8, 4) is 5.75 Å². The molecule has 3 amide bonds. The van der Waals surface area contributed by atoms with E-state index in [1.807, 2.05) is 0 Å². The number of methoxy groups -OCH3 is 1. The van der Waals surface area contributed by atoms with Crippen LogP contribution in [0.5, 0.6) is 5.75 Å². The van der Waals surface area contributed by atoms with E-state index in [0.29, 0.717) is 48.4 Å². The van der Waals surface area contributed by atoms with Crippen molar-refractivity contribution in [1.82, 2.24) is 4.90 Å². The number of hydrogen-bond donors (Lipinski definition) is 3. The molecule has 16 heteroatoms. The molecule has 8 nitrogen and oxygen atoms in total. The molecule has 1 aromatic heterocycles. The summed E-state index contributed by atoms with van der Waals surface area (Å²) in [4.78, 5) is 40.5. The highest BCUT2D eigenvalue weighted by atomic mass is 32.1. The number of rotatable bonds is 7. The lowest BCUT2D eigenvalue weighted by Crippen LogP contribution is -2.40. The Morgan fingerprint density at radius 2 is 1.71 bits per heavy atom. The second kappa shape index (κ2) is 13.4. The number of likely N-dealkylation sites (tertiary alicyclic amines) is 1. The number of anilines is 2. The van der Waals surface area contributed by atoms with Gasteiger partial charge >= 0.3 is 12.4 Å². The van der Waals surface area contributed by atoms with Crippen LogP contribution in [0, 0.1) is 5.82 Å². The number of fused-ring (bicyclic) bond motifs is 1. The van der Waals surface area contributed by atoms with Crippen molar-refractivity contribution in [2.24, 2.45) is 0 Å². The predicted octanol–water partition coefficient (Wildman–Crippen LogP) is 7.29. The normalized spacial score (nSPS) is 15.4. The minimum atomic E-state index is -5.08. The summed E-state index contributed by atoms with van der Waals surface area (Å²) < 4.78 is 99.5. The van der Waals surface area contributed by atoms with Crippen LogP contribution in [0.1, 0.15) is 55.5 Å². The van der Waals surface area contributed by atoms with Crippen molar-refractivity contribution >= 4 is 50.5 Å². The molecule has 1 saturated heterocycles. The highest BCUT2D eigenvalue weighted by molar-refractivity contribution is 7.21. The van der Waals surface area contributed by atoms with Crippen molar-refractivity contribution in [2.75, 3.05) is 37.4 Å². The summed E-state index contributed by atoms with van der Waals surface area (Å²) in [7, 11) is 1.31. The molecule has 3 N–H and O–H groups in total. The van der Waals surface area contributed by atoms with E-state index in [9.17, 15) is 50.2 Å². The van der Waals surface area contributed by atoms with E-state index in [0.717, 1.165) is 24.3 Å². The Hall–Kier alpha value is -4.70. The van der Waals surface area contributed by atoms with E-state index >= 15 is 0 Å². The van der Waals surface area contributed by atoms with Gasteiger partial charge in [0.25, 0.3) is 11.8 Å². The topological polar surface area (TPSA) is 108 Å². The molecule has 4 aromatic rings. The van der Waals surface area contributed by atoms with Crippen molar-refractivity contribution in [3.05, 3.63) is 87.5 Å². The molecule has 254 valence electrons. The van der Waals surface area contributed by atoms with Gasteiger partial charge in [-0.15, -0.1) is 11.3 Å². The van der Waals surface area contributed by atoms with Gasteiger partial charge in [-0.1, -0.05) is 12.1 Å². The number of carbonyl (C=O) groups is 3. The summed E-state index contributed by atoms with van der Waals surface area (Å²) in [5.41, 5.74) is -2.69. The third-order valence-corrected chi connectivity index (χ3v) is 8.99. The first kappa shape index (κ1) is 34.6. The summed E-state index contributed by atoms with van der Waals surface area (Å²) in [6.45, 7) is 0.0941. The molecule has 5 rings (SSSR count). The minimum absolute atomic E-state index is 0.00779. The fraction of sp³-hybridized carbons (Fsp3) is 0.281. The van der Waals surface area contributed by atoms with E-state index in [-0.39, 0.29) is 44.4 Å². The fourth-order valence-electron chi connectivity index (χ4n) is 5.48. The predicted molar refractivity (Wildman–Crippen MR) is 163 cm³/mol. The van der Waals surface area contributed by atoms with Crippen molar-refractivity contribution < 1.29 is 55.0 Å². The van der Waals surface area contributed by atoms with Gasteiger partial charge in [0.15, 0.2) is 0 Å². The maximum atomic E-state index is 13.8. The smallest absolute Gasteiger partial charge is 0.419 e. The molecule has 1 unspecified atom stereocenters. The van der Waals surface area contributed by atoms with Crippen molar-refractivity contribution in [1.29, 1.82) is 0 Å². The van der Waals surface area contributed by atoms with Crippen LogP contribution < -0.4 is 15.4 Å². The zero-order valence-corrected chi connectivity index (χ0v) is 25.7. The summed E-state index contributed by atoms with van der Waals surface area (Å²) in [6, 6.07) is 9.11. The molecule has 48 heavy (non-hydrogen) atoms. The number of benzene rings is 3. The number of aliphatic hydroxyl groups excluding tert-OH is 1. The second-order valence-corrected chi connectivity index (χ2v) is 12.0. The molecule has 0 bridgehead atoms. The Labute approximate surface area is 272 Å². The Bertz CT molecular complexity index is 1890. The van der Waals surface area contributed by atoms with Gasteiger partial charge in [0, 0.05) is 34.8 Å². The van der Waals surface area contributed by atoms with Gasteiger partial charge in [-0.05, 0) is 60.9 Å². The lowest BCUT2D eigenvalue weighted by molar-refractivity contribution is -0.140. The van der Waals surface area contributed by atoms with Gasteiger partial charge in [-0.2, -0.15) is 26.3 Å². The lowest BCUT2D eigenvalue weighted by atomic mass is 9.89. The number of nitrogens with zero attached hydrogens (tertiary/aromatic N) is 1. The van der Waals surface area contributed by atoms with Gasteiger partial charge in [0.05, 0.1) is 29.5 Å². The van der Waals surface area contributed by atoms with E-state index in [2.05, 4.69) is 10.6 Å². The number of halogens is 7. The quantitative estimate of drug-likeness (QED) is 0.176. The molecule has 0 aliphatic carbocycles. The summed E-state index contributed by atoms with van der Waals surface area (Å²) >= 11 is 0.560. The van der Waals surface area contributed by atoms with Gasteiger partial charge in [-0.3, -0.25) is 14.4 Å². The number of aliphatic hydroxyl groups is 1. The molecular formula is C32H26F7N3O5S. The molecule has 1 fully saturated rings. The van der Waals surface area contributed by atoms with Gasteiger partial charge in [0.1, 0.15) is 23.1 Å². The first-order valence-corrected chi connectivity index (χ1v) is 15.1. The summed E-state index contributed by atoms with van der Waals surface area (Å²) in [5, 5.41) is 14.1. The second-order valence-electron chi connectivity index (χ2n) is 10.9. The number of hydrogen-bond acceptors (Lipinski definition) is 6. The zero-order chi connectivity index (χ0) is 35.0. The number of alkyl halides is 6. The molecule has 1 atom stereocenters. The Morgan fingerprint density at radius 3 is 2.38 bits per heavy atom. The first-order valence-electron chi connectivity index (χ1n) is 14.3. The van der Waals surface area contributed by atoms with Crippen molar-refractivity contribution in [3.63, 3.8) is 0 Å². The number of ether oxygens (including phenoxy) is 1. The number of piperidine rings is 1. The highest BCUT2D eigenvalue weighted by Crippen LogP contribution is 2.41. The average Bonchev–Trinajstić information content (AvgIpc) is 3.41. The fourth-order valence-corrected chi connectivity index (χ4v) is 6.57. The Balaban J connectivity index is 1.52. The number of thiophene rings is 1. The third kappa shape index (κ3) is 7.23. The van der Waals surface area contributed by atoms with E-state index in [1.165, 1.54) is 24.1 Å². The van der Waals surface area contributed by atoms with Crippen LogP contribution in [-0.2, 0) is 17.1 Å². The largest absolute Gasteiger partial charge is 0.496 e. The van der Waals surface area contributed by atoms with E-state index in [1.54, 1.807) is 6.07 Å². The summed E-state index contributed by atoms with van der Waals surface area (Å²) in [6.07, 6.45) is -8.51. The summed E-state index contributed by atoms with van der Waals surface area (Å²) in [5.74, 6) is -3.99. The third-order valence-electron chi connectivity index (χ3n) is 7.84. The van der Waals surface area contributed by atoms with Crippen LogP contribution in [0.4, 0.5) is 42.1 Å². The molecule has 1 aliphatic heterocycles. The molecule has 0 saturated carbocycles.